The standard InChI is InChI=1S/C20H18ClFN4O3S2/c21-14-4-1-5-17(11-14)31(28,29)26-10-2-3-13(12-26)19-24-25-20(30-19)18(27)23-16-8-6-15(22)7-9-16/h1,4-9,11,13H,2-3,10,12H2,(H,23,27). The summed E-state index contributed by atoms with van der Waals surface area (Å²) in [4.78, 5) is 12.6. The third kappa shape index (κ3) is 4.93. The Hall–Kier alpha value is -2.40. The molecule has 1 fully saturated rings. The summed E-state index contributed by atoms with van der Waals surface area (Å²) >= 11 is 7.09. The van der Waals surface area contributed by atoms with Gasteiger partial charge in [0, 0.05) is 29.7 Å². The van der Waals surface area contributed by atoms with Gasteiger partial charge in [0.15, 0.2) is 0 Å². The number of nitrogens with one attached hydrogen (secondary N) is 1. The van der Waals surface area contributed by atoms with Crippen molar-refractivity contribution < 1.29 is 17.6 Å². The topological polar surface area (TPSA) is 92.3 Å². The highest BCUT2D eigenvalue weighted by Crippen LogP contribution is 2.32. The molecule has 0 spiro atoms. The average Bonchev–Trinajstić information content (AvgIpc) is 3.26. The first kappa shape index (κ1) is 21.8. The van der Waals surface area contributed by atoms with Gasteiger partial charge in [0.2, 0.25) is 15.0 Å². The zero-order valence-electron chi connectivity index (χ0n) is 16.2. The molecular formula is C20H18ClFN4O3S2. The van der Waals surface area contributed by atoms with Crippen molar-refractivity contribution in [2.75, 3.05) is 18.4 Å². The molecule has 7 nitrogen and oxygen atoms in total. The number of amides is 1. The maximum absolute atomic E-state index is 13.0. The second-order valence-electron chi connectivity index (χ2n) is 7.07. The van der Waals surface area contributed by atoms with Gasteiger partial charge in [-0.25, -0.2) is 12.8 Å². The second-order valence-corrected chi connectivity index (χ2v) is 10.4. The van der Waals surface area contributed by atoms with Crippen LogP contribution in [-0.2, 0) is 10.0 Å². The van der Waals surface area contributed by atoms with Crippen molar-refractivity contribution in [1.82, 2.24) is 14.5 Å². The Morgan fingerprint density at radius 1 is 1.19 bits per heavy atom. The Balaban J connectivity index is 1.47. The largest absolute Gasteiger partial charge is 0.320 e. The number of aromatic nitrogens is 2. The predicted molar refractivity (Wildman–Crippen MR) is 116 cm³/mol. The van der Waals surface area contributed by atoms with Crippen molar-refractivity contribution in [3.63, 3.8) is 0 Å². The highest BCUT2D eigenvalue weighted by Gasteiger charge is 2.33. The van der Waals surface area contributed by atoms with Gasteiger partial charge in [0.25, 0.3) is 5.91 Å². The van der Waals surface area contributed by atoms with Gasteiger partial charge in [0.05, 0.1) is 4.90 Å². The van der Waals surface area contributed by atoms with Crippen molar-refractivity contribution in [1.29, 1.82) is 0 Å². The Kier molecular flexibility index (Phi) is 6.33. The van der Waals surface area contributed by atoms with E-state index in [0.29, 0.717) is 28.7 Å². The number of carbonyl (C=O) groups excluding carboxylic acids is 1. The summed E-state index contributed by atoms with van der Waals surface area (Å²) in [6.45, 7) is 0.658. The lowest BCUT2D eigenvalue weighted by Gasteiger charge is -2.30. The Bertz CT molecular complexity index is 1200. The minimum Gasteiger partial charge on any atom is -0.320 e. The molecule has 3 aromatic rings. The lowest BCUT2D eigenvalue weighted by molar-refractivity contribution is 0.102. The van der Waals surface area contributed by atoms with E-state index in [4.69, 9.17) is 11.6 Å². The van der Waals surface area contributed by atoms with Gasteiger partial charge in [-0.05, 0) is 55.3 Å². The first-order chi connectivity index (χ1) is 14.8. The zero-order chi connectivity index (χ0) is 22.0. The normalized spacial score (nSPS) is 17.4. The van der Waals surface area contributed by atoms with Crippen molar-refractivity contribution >= 4 is 44.6 Å². The monoisotopic (exact) mass is 480 g/mol. The lowest BCUT2D eigenvalue weighted by atomic mass is 10.0. The summed E-state index contributed by atoms with van der Waals surface area (Å²) in [6.07, 6.45) is 1.41. The number of rotatable bonds is 5. The van der Waals surface area contributed by atoms with Gasteiger partial charge in [-0.3, -0.25) is 4.79 Å². The molecule has 0 radical (unpaired) electrons. The second kappa shape index (κ2) is 8.99. The predicted octanol–water partition coefficient (Wildman–Crippen LogP) is 4.15. The number of benzene rings is 2. The zero-order valence-corrected chi connectivity index (χ0v) is 18.6. The minimum atomic E-state index is -3.68. The van der Waals surface area contributed by atoms with E-state index < -0.39 is 21.7 Å². The summed E-state index contributed by atoms with van der Waals surface area (Å²) in [5, 5.41) is 11.9. The number of sulfonamides is 1. The summed E-state index contributed by atoms with van der Waals surface area (Å²) in [7, 11) is -3.68. The van der Waals surface area contributed by atoms with E-state index in [9.17, 15) is 17.6 Å². The van der Waals surface area contributed by atoms with E-state index in [0.717, 1.165) is 17.8 Å². The summed E-state index contributed by atoms with van der Waals surface area (Å²) in [6, 6.07) is 11.6. The maximum Gasteiger partial charge on any atom is 0.286 e. The Labute approximate surface area is 187 Å². The minimum absolute atomic E-state index is 0.150. The van der Waals surface area contributed by atoms with Crippen molar-refractivity contribution in [2.24, 2.45) is 0 Å². The summed E-state index contributed by atoms with van der Waals surface area (Å²) in [5.41, 5.74) is 0.444. The molecule has 1 aliphatic heterocycles. The molecule has 1 N–H and O–H groups in total. The number of carbonyl (C=O) groups is 1. The van der Waals surface area contributed by atoms with Gasteiger partial charge in [-0.2, -0.15) is 4.31 Å². The van der Waals surface area contributed by atoms with E-state index in [1.807, 2.05) is 0 Å². The number of hydrogen-bond acceptors (Lipinski definition) is 6. The summed E-state index contributed by atoms with van der Waals surface area (Å²) in [5.74, 6) is -1.01. The first-order valence-electron chi connectivity index (χ1n) is 9.49. The molecule has 162 valence electrons. The van der Waals surface area contributed by atoms with E-state index in [1.165, 1.54) is 40.7 Å². The lowest BCUT2D eigenvalue weighted by Crippen LogP contribution is -2.39. The molecule has 1 aromatic heterocycles. The van der Waals surface area contributed by atoms with Crippen molar-refractivity contribution in [3.8, 4) is 0 Å². The van der Waals surface area contributed by atoms with Crippen molar-refractivity contribution in [3.05, 3.63) is 69.4 Å². The molecule has 1 saturated heterocycles. The third-order valence-electron chi connectivity index (χ3n) is 4.90. The van der Waals surface area contributed by atoms with Gasteiger partial charge >= 0.3 is 0 Å². The number of hydrogen-bond donors (Lipinski definition) is 1. The van der Waals surface area contributed by atoms with E-state index in [-0.39, 0.29) is 22.4 Å². The molecular weight excluding hydrogens is 463 g/mol. The SMILES string of the molecule is O=C(Nc1ccc(F)cc1)c1nnc(C2CCCN(S(=O)(=O)c3cccc(Cl)c3)C2)s1. The van der Waals surface area contributed by atoms with Crippen LogP contribution >= 0.6 is 22.9 Å². The first-order valence-corrected chi connectivity index (χ1v) is 12.1. The Morgan fingerprint density at radius 3 is 2.71 bits per heavy atom. The third-order valence-corrected chi connectivity index (χ3v) is 8.08. The van der Waals surface area contributed by atoms with Crippen molar-refractivity contribution in [2.45, 2.75) is 23.7 Å². The molecule has 1 unspecified atom stereocenters. The van der Waals surface area contributed by atoms with Crippen LogP contribution in [0.4, 0.5) is 10.1 Å². The fraction of sp³-hybridized carbons (Fsp3) is 0.250. The number of nitrogens with zero attached hydrogens (tertiary/aromatic N) is 3. The molecule has 31 heavy (non-hydrogen) atoms. The molecule has 0 aliphatic carbocycles. The molecule has 2 heterocycles. The van der Waals surface area contributed by atoms with Gasteiger partial charge in [-0.15, -0.1) is 10.2 Å². The van der Waals surface area contributed by atoms with Gasteiger partial charge in [0.1, 0.15) is 10.8 Å². The smallest absolute Gasteiger partial charge is 0.286 e. The van der Waals surface area contributed by atoms with Gasteiger partial charge in [-0.1, -0.05) is 29.0 Å². The number of piperidine rings is 1. The molecule has 0 bridgehead atoms. The molecule has 4 rings (SSSR count). The molecule has 11 heteroatoms. The van der Waals surface area contributed by atoms with Crippen LogP contribution in [0.25, 0.3) is 0 Å². The fourth-order valence-corrected chi connectivity index (χ4v) is 6.04. The molecule has 0 saturated carbocycles. The van der Waals surface area contributed by atoms with Crippen LogP contribution in [0, 0.1) is 5.82 Å². The van der Waals surface area contributed by atoms with E-state index >= 15 is 0 Å². The average molecular weight is 481 g/mol. The van der Waals surface area contributed by atoms with Crippen LogP contribution in [0.5, 0.6) is 0 Å². The van der Waals surface area contributed by atoms with Crippen LogP contribution < -0.4 is 5.32 Å². The van der Waals surface area contributed by atoms with Crippen LogP contribution in [0.1, 0.15) is 33.6 Å². The van der Waals surface area contributed by atoms with E-state index in [2.05, 4.69) is 15.5 Å². The van der Waals surface area contributed by atoms with Crippen LogP contribution in [0.15, 0.2) is 53.4 Å². The number of anilines is 1. The molecule has 2 aromatic carbocycles. The maximum atomic E-state index is 13.0. The quantitative estimate of drug-likeness (QED) is 0.592. The van der Waals surface area contributed by atoms with E-state index in [1.54, 1.807) is 12.1 Å². The molecule has 1 amide bonds. The molecule has 1 atom stereocenters. The highest BCUT2D eigenvalue weighted by molar-refractivity contribution is 7.89. The van der Waals surface area contributed by atoms with Crippen LogP contribution in [0.3, 0.4) is 0 Å². The highest BCUT2D eigenvalue weighted by atomic mass is 35.5. The summed E-state index contributed by atoms with van der Waals surface area (Å²) < 4.78 is 40.4. The Morgan fingerprint density at radius 2 is 1.97 bits per heavy atom. The van der Waals surface area contributed by atoms with Gasteiger partial charge < -0.3 is 5.32 Å². The molecule has 1 aliphatic rings. The van der Waals surface area contributed by atoms with Crippen LogP contribution in [0.2, 0.25) is 5.02 Å². The fourth-order valence-electron chi connectivity index (χ4n) is 3.35. The van der Waals surface area contributed by atoms with Crippen LogP contribution in [-0.4, -0.2) is 41.9 Å². The number of halogens is 2.